The number of rotatable bonds is 5. The first-order valence-corrected chi connectivity index (χ1v) is 5.07. The number of hydrogen-bond acceptors (Lipinski definition) is 3. The van der Waals surface area contributed by atoms with Crippen LogP contribution in [-0.2, 0) is 4.79 Å². The van der Waals surface area contributed by atoms with Gasteiger partial charge in [0.1, 0.15) is 0 Å². The Kier molecular flexibility index (Phi) is 4.04. The second kappa shape index (κ2) is 5.29. The highest BCUT2D eigenvalue weighted by Crippen LogP contribution is 2.06. The lowest BCUT2D eigenvalue weighted by Crippen LogP contribution is -2.36. The van der Waals surface area contributed by atoms with Gasteiger partial charge in [0.05, 0.1) is 17.7 Å². The van der Waals surface area contributed by atoms with Crippen LogP contribution in [0.2, 0.25) is 0 Å². The van der Waals surface area contributed by atoms with Crippen LogP contribution >= 0.6 is 0 Å². The molecule has 1 unspecified atom stereocenters. The maximum absolute atomic E-state index is 11.9. The molecule has 6 nitrogen and oxygen atoms in total. The number of aromatic amines is 1. The molecule has 0 aromatic carbocycles. The van der Waals surface area contributed by atoms with Gasteiger partial charge in [-0.05, 0) is 6.92 Å². The summed E-state index contributed by atoms with van der Waals surface area (Å²) in [7, 11) is 0. The quantitative estimate of drug-likeness (QED) is 0.768. The zero-order valence-electron chi connectivity index (χ0n) is 9.30. The molecule has 0 saturated heterocycles. The molecule has 6 heteroatoms. The molecule has 2 N–H and O–H groups in total. The Bertz CT molecular complexity index is 361. The van der Waals surface area contributed by atoms with Crippen LogP contribution in [-0.4, -0.2) is 45.2 Å². The minimum atomic E-state index is -0.904. The third kappa shape index (κ3) is 2.82. The number of carbonyl (C=O) groups is 2. The summed E-state index contributed by atoms with van der Waals surface area (Å²) < 4.78 is 0. The average molecular weight is 225 g/mol. The molecule has 1 heterocycles. The van der Waals surface area contributed by atoms with Gasteiger partial charge in [0.2, 0.25) is 0 Å². The molecule has 1 rings (SSSR count). The number of carbonyl (C=O) groups excluding carboxylic acids is 1. The normalized spacial score (nSPS) is 12.1. The van der Waals surface area contributed by atoms with Crippen molar-refractivity contribution in [3.63, 3.8) is 0 Å². The van der Waals surface area contributed by atoms with Crippen molar-refractivity contribution >= 4 is 11.9 Å². The van der Waals surface area contributed by atoms with Crippen molar-refractivity contribution in [1.29, 1.82) is 0 Å². The second-order valence-corrected chi connectivity index (χ2v) is 3.57. The standard InChI is InChI=1S/C10H15N3O3/c1-3-13(6-7(2)10(15)16)9(14)8-4-11-12-5-8/h4-5,7H,3,6H2,1-2H3,(H,11,12)(H,15,16). The van der Waals surface area contributed by atoms with Crippen LogP contribution in [0.4, 0.5) is 0 Å². The van der Waals surface area contributed by atoms with Gasteiger partial charge >= 0.3 is 5.97 Å². The smallest absolute Gasteiger partial charge is 0.308 e. The molecule has 0 saturated carbocycles. The highest BCUT2D eigenvalue weighted by molar-refractivity contribution is 5.93. The lowest BCUT2D eigenvalue weighted by molar-refractivity contribution is -0.141. The summed E-state index contributed by atoms with van der Waals surface area (Å²) in [6.45, 7) is 4.07. The van der Waals surface area contributed by atoms with Gasteiger partial charge in [-0.15, -0.1) is 0 Å². The molecule has 0 spiro atoms. The van der Waals surface area contributed by atoms with E-state index in [9.17, 15) is 9.59 Å². The van der Waals surface area contributed by atoms with Crippen molar-refractivity contribution in [1.82, 2.24) is 15.1 Å². The number of nitrogens with zero attached hydrogens (tertiary/aromatic N) is 2. The number of amides is 1. The van der Waals surface area contributed by atoms with E-state index in [1.165, 1.54) is 17.3 Å². The molecule has 0 aliphatic rings. The zero-order valence-corrected chi connectivity index (χ0v) is 9.30. The molecule has 0 bridgehead atoms. The summed E-state index contributed by atoms with van der Waals surface area (Å²) in [5.74, 6) is -1.68. The highest BCUT2D eigenvalue weighted by Gasteiger charge is 2.20. The molecule has 0 aliphatic carbocycles. The van der Waals surface area contributed by atoms with Crippen molar-refractivity contribution in [2.45, 2.75) is 13.8 Å². The van der Waals surface area contributed by atoms with Crippen LogP contribution in [0, 0.1) is 5.92 Å². The van der Waals surface area contributed by atoms with E-state index >= 15 is 0 Å². The van der Waals surface area contributed by atoms with E-state index in [4.69, 9.17) is 5.11 Å². The monoisotopic (exact) mass is 225 g/mol. The van der Waals surface area contributed by atoms with Crippen LogP contribution in [0.5, 0.6) is 0 Å². The molecule has 0 aliphatic heterocycles. The first-order valence-electron chi connectivity index (χ1n) is 5.07. The topological polar surface area (TPSA) is 86.3 Å². The predicted molar refractivity (Wildman–Crippen MR) is 57.0 cm³/mol. The largest absolute Gasteiger partial charge is 0.481 e. The summed E-state index contributed by atoms with van der Waals surface area (Å²) in [4.78, 5) is 24.1. The number of aromatic nitrogens is 2. The van der Waals surface area contributed by atoms with Gasteiger partial charge in [0.25, 0.3) is 5.91 Å². The second-order valence-electron chi connectivity index (χ2n) is 3.57. The lowest BCUT2D eigenvalue weighted by atomic mass is 10.1. The lowest BCUT2D eigenvalue weighted by Gasteiger charge is -2.22. The molecule has 1 amide bonds. The first-order chi connectivity index (χ1) is 7.56. The Morgan fingerprint density at radius 1 is 1.62 bits per heavy atom. The Balaban J connectivity index is 2.68. The van der Waals surface area contributed by atoms with Gasteiger partial charge in [0.15, 0.2) is 0 Å². The maximum Gasteiger partial charge on any atom is 0.308 e. The number of aliphatic carboxylic acids is 1. The van der Waals surface area contributed by atoms with Crippen LogP contribution < -0.4 is 0 Å². The molecule has 16 heavy (non-hydrogen) atoms. The van der Waals surface area contributed by atoms with Crippen LogP contribution in [0.25, 0.3) is 0 Å². The van der Waals surface area contributed by atoms with Gasteiger partial charge < -0.3 is 10.0 Å². The number of carboxylic acid groups (broad SMARTS) is 1. The fraction of sp³-hybridized carbons (Fsp3) is 0.500. The Morgan fingerprint density at radius 3 is 2.75 bits per heavy atom. The minimum Gasteiger partial charge on any atom is -0.481 e. The molecule has 1 aromatic rings. The summed E-state index contributed by atoms with van der Waals surface area (Å²) in [6.07, 6.45) is 2.92. The maximum atomic E-state index is 11.9. The van der Waals surface area contributed by atoms with E-state index in [2.05, 4.69) is 10.2 Å². The molecule has 1 atom stereocenters. The first kappa shape index (κ1) is 12.2. The van der Waals surface area contributed by atoms with E-state index in [1.807, 2.05) is 6.92 Å². The Labute approximate surface area is 93.3 Å². The van der Waals surface area contributed by atoms with Gasteiger partial charge in [-0.2, -0.15) is 5.10 Å². The van der Waals surface area contributed by atoms with Crippen molar-refractivity contribution in [2.75, 3.05) is 13.1 Å². The average Bonchev–Trinajstić information content (AvgIpc) is 2.77. The Morgan fingerprint density at radius 2 is 2.31 bits per heavy atom. The molecule has 1 aromatic heterocycles. The minimum absolute atomic E-state index is 0.204. The van der Waals surface area contributed by atoms with Crippen molar-refractivity contribution in [3.05, 3.63) is 18.0 Å². The van der Waals surface area contributed by atoms with E-state index in [-0.39, 0.29) is 12.5 Å². The third-order valence-corrected chi connectivity index (χ3v) is 2.33. The number of hydrogen-bond donors (Lipinski definition) is 2. The highest BCUT2D eigenvalue weighted by atomic mass is 16.4. The van der Waals surface area contributed by atoms with Crippen molar-refractivity contribution in [2.24, 2.45) is 5.92 Å². The summed E-state index contributed by atoms with van der Waals surface area (Å²) >= 11 is 0. The molecular weight excluding hydrogens is 210 g/mol. The van der Waals surface area contributed by atoms with Crippen LogP contribution in [0.15, 0.2) is 12.4 Å². The molecule has 0 fully saturated rings. The van der Waals surface area contributed by atoms with Gasteiger partial charge in [-0.25, -0.2) is 0 Å². The van der Waals surface area contributed by atoms with E-state index < -0.39 is 11.9 Å². The third-order valence-electron chi connectivity index (χ3n) is 2.33. The molecular formula is C10H15N3O3. The molecule has 88 valence electrons. The van der Waals surface area contributed by atoms with Gasteiger partial charge in [-0.1, -0.05) is 6.92 Å². The summed E-state index contributed by atoms with van der Waals surface area (Å²) in [5, 5.41) is 15.0. The van der Waals surface area contributed by atoms with E-state index in [1.54, 1.807) is 6.92 Å². The van der Waals surface area contributed by atoms with Gasteiger partial charge in [-0.3, -0.25) is 14.7 Å². The van der Waals surface area contributed by atoms with Crippen LogP contribution in [0.3, 0.4) is 0 Å². The number of nitrogens with one attached hydrogen (secondary N) is 1. The van der Waals surface area contributed by atoms with Gasteiger partial charge in [0, 0.05) is 19.3 Å². The number of carboxylic acids is 1. The Hall–Kier alpha value is -1.85. The summed E-state index contributed by atoms with van der Waals surface area (Å²) in [6, 6.07) is 0. The van der Waals surface area contributed by atoms with Crippen molar-refractivity contribution in [3.8, 4) is 0 Å². The van der Waals surface area contributed by atoms with E-state index in [0.29, 0.717) is 12.1 Å². The summed E-state index contributed by atoms with van der Waals surface area (Å²) in [5.41, 5.74) is 0.444. The van der Waals surface area contributed by atoms with Crippen LogP contribution in [0.1, 0.15) is 24.2 Å². The SMILES string of the molecule is CCN(CC(C)C(=O)O)C(=O)c1cn[nH]c1. The van der Waals surface area contributed by atoms with Crippen molar-refractivity contribution < 1.29 is 14.7 Å². The number of H-pyrrole nitrogens is 1. The fourth-order valence-corrected chi connectivity index (χ4v) is 1.31. The zero-order chi connectivity index (χ0) is 12.1. The van der Waals surface area contributed by atoms with E-state index in [0.717, 1.165) is 0 Å². The predicted octanol–water partition coefficient (Wildman–Crippen LogP) is 0.592. The molecule has 0 radical (unpaired) electrons. The fourth-order valence-electron chi connectivity index (χ4n) is 1.31.